The summed E-state index contributed by atoms with van der Waals surface area (Å²) in [6, 6.07) is 14.9. The van der Waals surface area contributed by atoms with Gasteiger partial charge in [-0.2, -0.15) is 0 Å². The molecular formula is C20H22N2O5. The topological polar surface area (TPSA) is 112 Å². The molecule has 2 atom stereocenters. The van der Waals surface area contributed by atoms with Gasteiger partial charge in [0.2, 0.25) is 0 Å². The van der Waals surface area contributed by atoms with Gasteiger partial charge in [0.1, 0.15) is 6.04 Å². The number of aliphatic hydroxyl groups excluding tert-OH is 1. The van der Waals surface area contributed by atoms with Gasteiger partial charge in [0, 0.05) is 34.8 Å². The molecule has 27 heavy (non-hydrogen) atoms. The van der Waals surface area contributed by atoms with Crippen molar-refractivity contribution in [2.75, 3.05) is 6.54 Å². The number of nitrogens with one attached hydrogen (secondary N) is 1. The zero-order valence-corrected chi connectivity index (χ0v) is 14.7. The minimum Gasteiger partial charge on any atom is -0.481 e. The molecule has 0 unspecified atom stereocenters. The van der Waals surface area contributed by atoms with Crippen LogP contribution in [0.1, 0.15) is 12.8 Å². The molecule has 0 aliphatic heterocycles. The number of nitrogens with zero attached hydrogens (tertiary/aromatic N) is 1. The summed E-state index contributed by atoms with van der Waals surface area (Å²) in [5, 5.41) is 33.3. The Balaban J connectivity index is 1.74. The molecule has 1 aromatic heterocycles. The maximum Gasteiger partial charge on any atom is 0.320 e. The molecular weight excluding hydrogens is 348 g/mol. The first kappa shape index (κ1) is 18.9. The lowest BCUT2D eigenvalue weighted by molar-refractivity contribution is -0.140. The van der Waals surface area contributed by atoms with Crippen molar-refractivity contribution in [3.63, 3.8) is 0 Å². The van der Waals surface area contributed by atoms with Crippen LogP contribution in [0.3, 0.4) is 0 Å². The van der Waals surface area contributed by atoms with Crippen LogP contribution < -0.4 is 5.32 Å². The fourth-order valence-electron chi connectivity index (χ4n) is 3.33. The second-order valence-electron chi connectivity index (χ2n) is 6.53. The van der Waals surface area contributed by atoms with E-state index in [4.69, 9.17) is 5.11 Å². The number of rotatable bonds is 9. The highest BCUT2D eigenvalue weighted by Crippen LogP contribution is 2.28. The zero-order chi connectivity index (χ0) is 19.4. The standard InChI is InChI=1S/C20H22N2O5/c23-13(11-21-16(20(26)27)9-10-19(24)25)12-22-17-7-3-1-5-14(17)15-6-2-4-8-18(15)22/h1-8,13,16,21,23H,9-12H2,(H,24,25)(H,26,27)/t13-,16+/m1/s1. The Bertz CT molecular complexity index is 912. The predicted molar refractivity (Wildman–Crippen MR) is 102 cm³/mol. The van der Waals surface area contributed by atoms with Gasteiger partial charge in [-0.1, -0.05) is 36.4 Å². The van der Waals surface area contributed by atoms with Crippen LogP contribution in [0.5, 0.6) is 0 Å². The molecule has 0 fully saturated rings. The van der Waals surface area contributed by atoms with Crippen LogP contribution >= 0.6 is 0 Å². The summed E-state index contributed by atoms with van der Waals surface area (Å²) in [5.74, 6) is -2.17. The number of hydrogen-bond donors (Lipinski definition) is 4. The molecule has 0 saturated heterocycles. The van der Waals surface area contributed by atoms with Gasteiger partial charge in [0.25, 0.3) is 0 Å². The van der Waals surface area contributed by atoms with Gasteiger partial charge in [-0.3, -0.25) is 9.59 Å². The normalized spacial score (nSPS) is 13.7. The molecule has 0 aliphatic carbocycles. The van der Waals surface area contributed by atoms with E-state index in [2.05, 4.69) is 5.32 Å². The smallest absolute Gasteiger partial charge is 0.320 e. The van der Waals surface area contributed by atoms with Crippen LogP contribution in [-0.2, 0) is 16.1 Å². The average Bonchev–Trinajstić information content (AvgIpc) is 2.95. The van der Waals surface area contributed by atoms with E-state index in [0.29, 0.717) is 6.54 Å². The van der Waals surface area contributed by atoms with Crippen molar-refractivity contribution in [1.82, 2.24) is 9.88 Å². The van der Waals surface area contributed by atoms with Crippen molar-refractivity contribution >= 4 is 33.7 Å². The number of aromatic nitrogens is 1. The number of carboxylic acid groups (broad SMARTS) is 2. The molecule has 0 saturated carbocycles. The summed E-state index contributed by atoms with van der Waals surface area (Å²) >= 11 is 0. The SMILES string of the molecule is O=C(O)CC[C@H](NC[C@@H](O)Cn1c2ccccc2c2ccccc21)C(=O)O. The summed E-state index contributed by atoms with van der Waals surface area (Å²) in [6.45, 7) is 0.351. The van der Waals surface area contributed by atoms with E-state index in [1.54, 1.807) is 0 Å². The first-order chi connectivity index (χ1) is 13.0. The Kier molecular flexibility index (Phi) is 5.73. The summed E-state index contributed by atoms with van der Waals surface area (Å²) in [6.07, 6.45) is -1.10. The fraction of sp³-hybridized carbons (Fsp3) is 0.300. The largest absolute Gasteiger partial charge is 0.481 e. The van der Waals surface area contributed by atoms with Crippen LogP contribution in [0.4, 0.5) is 0 Å². The third-order valence-corrected chi connectivity index (χ3v) is 4.62. The van der Waals surface area contributed by atoms with Crippen LogP contribution in [0, 0.1) is 0 Å². The number of aliphatic carboxylic acids is 2. The molecule has 0 amide bonds. The highest BCUT2D eigenvalue weighted by Gasteiger charge is 2.20. The van der Waals surface area contributed by atoms with Crippen molar-refractivity contribution in [3.8, 4) is 0 Å². The van der Waals surface area contributed by atoms with Crippen molar-refractivity contribution < 1.29 is 24.9 Å². The number of aliphatic hydroxyl groups is 1. The van der Waals surface area contributed by atoms with Crippen molar-refractivity contribution in [1.29, 1.82) is 0 Å². The highest BCUT2D eigenvalue weighted by molar-refractivity contribution is 6.07. The van der Waals surface area contributed by atoms with E-state index >= 15 is 0 Å². The minimum atomic E-state index is -1.12. The molecule has 0 bridgehead atoms. The summed E-state index contributed by atoms with van der Waals surface area (Å²) in [4.78, 5) is 21.9. The predicted octanol–water partition coefficient (Wildman–Crippen LogP) is 2.06. The molecule has 7 heteroatoms. The van der Waals surface area contributed by atoms with E-state index in [1.807, 2.05) is 53.1 Å². The molecule has 7 nitrogen and oxygen atoms in total. The lowest BCUT2D eigenvalue weighted by Crippen LogP contribution is -2.42. The number of fused-ring (bicyclic) bond motifs is 3. The van der Waals surface area contributed by atoms with E-state index in [1.165, 1.54) is 0 Å². The van der Waals surface area contributed by atoms with E-state index in [0.717, 1.165) is 21.8 Å². The summed E-state index contributed by atoms with van der Waals surface area (Å²) in [5.41, 5.74) is 2.00. The van der Waals surface area contributed by atoms with E-state index < -0.39 is 24.1 Å². The van der Waals surface area contributed by atoms with Crippen LogP contribution in [0.15, 0.2) is 48.5 Å². The van der Waals surface area contributed by atoms with E-state index in [-0.39, 0.29) is 19.4 Å². The molecule has 0 radical (unpaired) electrons. The van der Waals surface area contributed by atoms with Gasteiger partial charge in [0.15, 0.2) is 0 Å². The fourth-order valence-corrected chi connectivity index (χ4v) is 3.33. The molecule has 3 rings (SSSR count). The molecule has 3 aromatic rings. The second kappa shape index (κ2) is 8.20. The van der Waals surface area contributed by atoms with Crippen LogP contribution in [-0.4, -0.2) is 50.5 Å². The quantitative estimate of drug-likeness (QED) is 0.459. The number of hydrogen-bond acceptors (Lipinski definition) is 4. The maximum absolute atomic E-state index is 11.2. The van der Waals surface area contributed by atoms with Crippen molar-refractivity contribution in [3.05, 3.63) is 48.5 Å². The first-order valence-electron chi connectivity index (χ1n) is 8.79. The van der Waals surface area contributed by atoms with Crippen molar-refractivity contribution in [2.45, 2.75) is 31.5 Å². The second-order valence-corrected chi connectivity index (χ2v) is 6.53. The molecule has 1 heterocycles. The third-order valence-electron chi connectivity index (χ3n) is 4.62. The maximum atomic E-state index is 11.2. The Morgan fingerprint density at radius 1 is 0.963 bits per heavy atom. The molecule has 2 aromatic carbocycles. The van der Waals surface area contributed by atoms with Gasteiger partial charge in [-0.05, 0) is 18.6 Å². The van der Waals surface area contributed by atoms with E-state index in [9.17, 15) is 19.8 Å². The van der Waals surface area contributed by atoms with Gasteiger partial charge in [-0.25, -0.2) is 0 Å². The third kappa shape index (κ3) is 4.27. The Morgan fingerprint density at radius 2 is 1.52 bits per heavy atom. The van der Waals surface area contributed by atoms with Crippen LogP contribution in [0.25, 0.3) is 21.8 Å². The van der Waals surface area contributed by atoms with Gasteiger partial charge in [-0.15, -0.1) is 0 Å². The monoisotopic (exact) mass is 370 g/mol. The van der Waals surface area contributed by atoms with Gasteiger partial charge >= 0.3 is 11.9 Å². The lowest BCUT2D eigenvalue weighted by Gasteiger charge is -2.18. The molecule has 142 valence electrons. The van der Waals surface area contributed by atoms with Crippen molar-refractivity contribution in [2.24, 2.45) is 0 Å². The van der Waals surface area contributed by atoms with Gasteiger partial charge in [0.05, 0.1) is 12.6 Å². The minimum absolute atomic E-state index is 0.0350. The summed E-state index contributed by atoms with van der Waals surface area (Å²) in [7, 11) is 0. The Hall–Kier alpha value is -2.90. The molecule has 0 aliphatic rings. The number of para-hydroxylation sites is 2. The Labute approximate surface area is 155 Å². The first-order valence-corrected chi connectivity index (χ1v) is 8.79. The Morgan fingerprint density at radius 3 is 2.04 bits per heavy atom. The van der Waals surface area contributed by atoms with Gasteiger partial charge < -0.3 is 25.2 Å². The molecule has 0 spiro atoms. The number of carboxylic acids is 2. The zero-order valence-electron chi connectivity index (χ0n) is 14.7. The lowest BCUT2D eigenvalue weighted by atomic mass is 10.1. The summed E-state index contributed by atoms with van der Waals surface area (Å²) < 4.78 is 2.02. The molecule has 4 N–H and O–H groups in total. The number of benzene rings is 2. The average molecular weight is 370 g/mol. The number of carbonyl (C=O) groups is 2. The van der Waals surface area contributed by atoms with Crippen LogP contribution in [0.2, 0.25) is 0 Å². The highest BCUT2D eigenvalue weighted by atomic mass is 16.4.